The maximum absolute atomic E-state index is 13.9. The van der Waals surface area contributed by atoms with Crippen molar-refractivity contribution in [2.24, 2.45) is 0 Å². The number of imidazole rings is 1. The Balaban J connectivity index is 1.75. The minimum Gasteiger partial charge on any atom is -0.480 e. The van der Waals surface area contributed by atoms with Crippen LogP contribution in [0.5, 0.6) is 0 Å². The molecule has 0 bridgehead atoms. The number of rotatable bonds is 11. The zero-order valence-electron chi connectivity index (χ0n) is 20.7. The van der Waals surface area contributed by atoms with Gasteiger partial charge in [-0.25, -0.2) is 25.1 Å². The van der Waals surface area contributed by atoms with Gasteiger partial charge in [-0.1, -0.05) is 12.1 Å². The number of fused-ring (bicyclic) bond motifs is 1. The van der Waals surface area contributed by atoms with Gasteiger partial charge in [-0.3, -0.25) is 9.36 Å². The average molecular weight is 543 g/mol. The van der Waals surface area contributed by atoms with Gasteiger partial charge >= 0.3 is 12.1 Å². The molecule has 3 rings (SSSR count). The lowest BCUT2D eigenvalue weighted by Crippen LogP contribution is -2.47. The molecule has 2 aromatic heterocycles. The number of carboxylic acids is 1. The molecule has 15 heteroatoms. The zero-order valence-corrected chi connectivity index (χ0v) is 21.5. The number of nitrogens with zero attached hydrogens (tertiary/aromatic N) is 4. The van der Waals surface area contributed by atoms with Gasteiger partial charge in [-0.2, -0.15) is 13.2 Å². The van der Waals surface area contributed by atoms with Crippen LogP contribution >= 0.6 is 7.44 Å². The molecule has 11 nitrogen and oxygen atoms in total. The molecule has 2 heterocycles. The summed E-state index contributed by atoms with van der Waals surface area (Å²) < 4.78 is 60.1. The van der Waals surface area contributed by atoms with Crippen LogP contribution in [0.1, 0.15) is 44.9 Å². The molecule has 0 radical (unpaired) electrons. The highest BCUT2D eigenvalue weighted by molar-refractivity contribution is 7.59. The Morgan fingerprint density at radius 3 is 2.43 bits per heavy atom. The minimum atomic E-state index is -4.49. The molecule has 202 valence electrons. The SMILES string of the molecule is C[C@@H](Cn1cnc2c(N)ncnc21)OCP(=O)(N[C@H](C)c1ccc(C(F)(F)F)cc1)NC(C)(C)C(=O)O. The minimum absolute atomic E-state index is 0.225. The number of carbonyl (C=O) groups is 1. The van der Waals surface area contributed by atoms with E-state index in [1.165, 1.54) is 38.6 Å². The molecule has 0 fully saturated rings. The van der Waals surface area contributed by atoms with Gasteiger partial charge < -0.3 is 20.1 Å². The molecule has 3 atom stereocenters. The summed E-state index contributed by atoms with van der Waals surface area (Å²) in [7, 11) is -3.76. The molecule has 0 aliphatic heterocycles. The van der Waals surface area contributed by atoms with E-state index in [4.69, 9.17) is 10.5 Å². The summed E-state index contributed by atoms with van der Waals surface area (Å²) in [5.74, 6) is -1.02. The number of aliphatic carboxylic acids is 1. The van der Waals surface area contributed by atoms with Crippen LogP contribution in [0.25, 0.3) is 11.2 Å². The van der Waals surface area contributed by atoms with Crippen LogP contribution in [-0.2, 0) is 26.8 Å². The predicted molar refractivity (Wildman–Crippen MR) is 131 cm³/mol. The monoisotopic (exact) mass is 543 g/mol. The van der Waals surface area contributed by atoms with E-state index in [2.05, 4.69) is 25.1 Å². The first kappa shape index (κ1) is 28.5. The van der Waals surface area contributed by atoms with E-state index in [0.29, 0.717) is 16.7 Å². The van der Waals surface area contributed by atoms with Crippen LogP contribution in [-0.4, -0.2) is 48.6 Å². The van der Waals surface area contributed by atoms with Gasteiger partial charge in [0.05, 0.1) is 24.5 Å². The summed E-state index contributed by atoms with van der Waals surface area (Å²) in [6.45, 7) is 6.29. The van der Waals surface area contributed by atoms with E-state index in [0.717, 1.165) is 12.1 Å². The van der Waals surface area contributed by atoms with Crippen molar-refractivity contribution in [2.45, 2.75) is 58.1 Å². The zero-order chi connectivity index (χ0) is 27.6. The fourth-order valence-corrected chi connectivity index (χ4v) is 5.98. The maximum Gasteiger partial charge on any atom is 0.416 e. The molecule has 37 heavy (non-hydrogen) atoms. The molecule has 0 spiro atoms. The first-order valence-corrected chi connectivity index (χ1v) is 13.1. The van der Waals surface area contributed by atoms with Gasteiger partial charge in [0.1, 0.15) is 23.7 Å². The normalized spacial score (nSPS) is 15.9. The van der Waals surface area contributed by atoms with Gasteiger partial charge in [-0.15, -0.1) is 0 Å². The standard InChI is InChI=1S/C22H29F3N7O4P/c1-13(9-32-11-29-17-18(26)27-10-28-19(17)32)36-12-37(35,31-21(3,4)20(33)34)30-14(2)15-5-7-16(8-6-15)22(23,24)25/h5-8,10-11,13-14H,9,12H2,1-4H3,(H,33,34)(H2,26,27,28)(H2,30,31,35)/t13-,14+,37?/m0/s1. The quantitative estimate of drug-likeness (QED) is 0.262. The van der Waals surface area contributed by atoms with Crippen LogP contribution in [0, 0.1) is 0 Å². The third-order valence-corrected chi connectivity index (χ3v) is 7.80. The number of nitrogens with one attached hydrogen (secondary N) is 2. The summed E-state index contributed by atoms with van der Waals surface area (Å²) in [6.07, 6.45) is -2.58. The summed E-state index contributed by atoms with van der Waals surface area (Å²) in [6, 6.07) is 3.71. The smallest absolute Gasteiger partial charge is 0.416 e. The number of carboxylic acid groups (broad SMARTS) is 1. The molecule has 1 unspecified atom stereocenters. The average Bonchev–Trinajstić information content (AvgIpc) is 3.21. The number of nitrogens with two attached hydrogens (primary N) is 1. The van der Waals surface area contributed by atoms with Crippen molar-refractivity contribution in [2.75, 3.05) is 12.1 Å². The number of ether oxygens (including phenoxy) is 1. The van der Waals surface area contributed by atoms with E-state index in [9.17, 15) is 27.6 Å². The Labute approximate surface area is 211 Å². The Morgan fingerprint density at radius 2 is 1.84 bits per heavy atom. The van der Waals surface area contributed by atoms with Crippen molar-refractivity contribution >= 4 is 30.4 Å². The van der Waals surface area contributed by atoms with Crippen LogP contribution < -0.4 is 15.9 Å². The number of benzene rings is 1. The second kappa shape index (κ2) is 10.7. The topological polar surface area (TPSA) is 157 Å². The van der Waals surface area contributed by atoms with Crippen molar-refractivity contribution in [1.29, 1.82) is 0 Å². The van der Waals surface area contributed by atoms with Gasteiger partial charge in [-0.05, 0) is 45.4 Å². The molecule has 5 N–H and O–H groups in total. The summed E-state index contributed by atoms with van der Waals surface area (Å²) >= 11 is 0. The fraction of sp³-hybridized carbons (Fsp3) is 0.455. The highest BCUT2D eigenvalue weighted by Gasteiger charge is 2.37. The Bertz CT molecular complexity index is 1300. The third kappa shape index (κ3) is 7.04. The molecular weight excluding hydrogens is 514 g/mol. The summed E-state index contributed by atoms with van der Waals surface area (Å²) in [5, 5.41) is 15.0. The molecule has 0 aliphatic carbocycles. The van der Waals surface area contributed by atoms with E-state index >= 15 is 0 Å². The van der Waals surface area contributed by atoms with Crippen molar-refractivity contribution in [1.82, 2.24) is 29.7 Å². The Morgan fingerprint density at radius 1 is 1.19 bits per heavy atom. The lowest BCUT2D eigenvalue weighted by atomic mass is 10.1. The number of aromatic nitrogens is 4. The molecule has 0 aliphatic rings. The van der Waals surface area contributed by atoms with E-state index < -0.39 is 49.2 Å². The Hall–Kier alpha value is -3.06. The lowest BCUT2D eigenvalue weighted by molar-refractivity contribution is -0.142. The second-order valence-electron chi connectivity index (χ2n) is 9.19. The van der Waals surface area contributed by atoms with E-state index in [1.54, 1.807) is 18.4 Å². The van der Waals surface area contributed by atoms with Gasteiger partial charge in [0.25, 0.3) is 0 Å². The molecule has 0 saturated carbocycles. The largest absolute Gasteiger partial charge is 0.480 e. The second-order valence-corrected chi connectivity index (χ2v) is 11.4. The van der Waals surface area contributed by atoms with Crippen molar-refractivity contribution in [3.8, 4) is 0 Å². The summed E-state index contributed by atoms with van der Waals surface area (Å²) in [4.78, 5) is 23.9. The van der Waals surface area contributed by atoms with Crippen LogP contribution in [0.2, 0.25) is 0 Å². The fourth-order valence-electron chi connectivity index (χ4n) is 3.54. The van der Waals surface area contributed by atoms with Crippen molar-refractivity contribution in [3.63, 3.8) is 0 Å². The molecular formula is C22H29F3N7O4P. The van der Waals surface area contributed by atoms with Crippen molar-refractivity contribution in [3.05, 3.63) is 48.0 Å². The Kier molecular flexibility index (Phi) is 8.27. The van der Waals surface area contributed by atoms with Gasteiger partial charge in [0.15, 0.2) is 11.5 Å². The van der Waals surface area contributed by atoms with Crippen LogP contribution in [0.3, 0.4) is 0 Å². The lowest BCUT2D eigenvalue weighted by Gasteiger charge is -2.32. The number of anilines is 1. The molecule has 3 aromatic rings. The summed E-state index contributed by atoms with van der Waals surface area (Å²) in [5.41, 5.74) is 4.75. The molecule has 0 amide bonds. The van der Waals surface area contributed by atoms with Crippen LogP contribution in [0.15, 0.2) is 36.9 Å². The van der Waals surface area contributed by atoms with E-state index in [1.807, 2.05) is 0 Å². The van der Waals surface area contributed by atoms with Gasteiger partial charge in [0, 0.05) is 6.04 Å². The molecule has 1 aromatic carbocycles. The first-order valence-electron chi connectivity index (χ1n) is 11.2. The highest BCUT2D eigenvalue weighted by atomic mass is 31.2. The third-order valence-electron chi connectivity index (χ3n) is 5.56. The highest BCUT2D eigenvalue weighted by Crippen LogP contribution is 2.42. The number of nitrogen functional groups attached to an aromatic ring is 1. The number of alkyl halides is 3. The molecule has 0 saturated heterocycles. The van der Waals surface area contributed by atoms with E-state index in [-0.39, 0.29) is 12.4 Å². The van der Waals surface area contributed by atoms with Crippen molar-refractivity contribution < 1.29 is 32.4 Å². The maximum atomic E-state index is 13.9. The van der Waals surface area contributed by atoms with Gasteiger partial charge in [0.2, 0.25) is 7.44 Å². The predicted octanol–water partition coefficient (Wildman–Crippen LogP) is 3.79. The number of halogens is 3. The number of hydrogen-bond donors (Lipinski definition) is 4. The number of hydrogen-bond acceptors (Lipinski definition) is 7. The van der Waals surface area contributed by atoms with Crippen LogP contribution in [0.4, 0.5) is 19.0 Å². The first-order chi connectivity index (χ1) is 17.1.